The number of aromatic nitrogens is 2. The van der Waals surface area contributed by atoms with Crippen LogP contribution in [0.4, 0.5) is 5.82 Å². The van der Waals surface area contributed by atoms with Gasteiger partial charge in [-0.3, -0.25) is 14.7 Å². The number of aliphatic hydroxyl groups excluding tert-OH is 1. The van der Waals surface area contributed by atoms with Crippen LogP contribution in [0.15, 0.2) is 28.7 Å². The average molecular weight is 402 g/mol. The fourth-order valence-electron chi connectivity index (χ4n) is 1.71. The summed E-state index contributed by atoms with van der Waals surface area (Å²) < 4.78 is 0.306. The number of benzene rings is 1. The maximum Gasteiger partial charge on any atom is 0.273 e. The summed E-state index contributed by atoms with van der Waals surface area (Å²) in [4.78, 5) is 24.1. The van der Waals surface area contributed by atoms with Gasteiger partial charge in [-0.05, 0) is 35.0 Å². The van der Waals surface area contributed by atoms with Crippen LogP contribution < -0.4 is 10.6 Å². The Morgan fingerprint density at radius 3 is 2.74 bits per heavy atom. The number of nitrogens with zero attached hydrogens (tertiary/aromatic N) is 1. The molecule has 2 aromatic rings. The third kappa shape index (κ3) is 4.31. The predicted octanol–water partition coefficient (Wildman–Crippen LogP) is 2.19. The zero-order chi connectivity index (χ0) is 17.0. The number of H-pyrrole nitrogens is 1. The SMILES string of the molecule is CC(O)CNC(=O)c1n[nH]c(NC(=O)c2ccccc2Cl)c1Br. The summed E-state index contributed by atoms with van der Waals surface area (Å²) >= 11 is 9.18. The van der Waals surface area contributed by atoms with Gasteiger partial charge in [0.15, 0.2) is 5.69 Å². The van der Waals surface area contributed by atoms with Crippen LogP contribution in [-0.2, 0) is 0 Å². The highest BCUT2D eigenvalue weighted by atomic mass is 79.9. The fourth-order valence-corrected chi connectivity index (χ4v) is 2.39. The molecule has 0 radical (unpaired) electrons. The number of anilines is 1. The van der Waals surface area contributed by atoms with Crippen molar-refractivity contribution in [3.05, 3.63) is 45.0 Å². The first kappa shape index (κ1) is 17.5. The minimum absolute atomic E-state index is 0.0695. The van der Waals surface area contributed by atoms with Gasteiger partial charge in [-0.1, -0.05) is 23.7 Å². The molecule has 1 aromatic heterocycles. The molecule has 0 saturated carbocycles. The van der Waals surface area contributed by atoms with Crippen LogP contribution in [0.2, 0.25) is 5.02 Å². The van der Waals surface area contributed by atoms with Gasteiger partial charge in [0.2, 0.25) is 0 Å². The van der Waals surface area contributed by atoms with Gasteiger partial charge >= 0.3 is 0 Å². The molecular weight excluding hydrogens is 388 g/mol. The lowest BCUT2D eigenvalue weighted by atomic mass is 10.2. The van der Waals surface area contributed by atoms with Gasteiger partial charge in [0.1, 0.15) is 5.82 Å². The molecule has 7 nitrogen and oxygen atoms in total. The molecule has 23 heavy (non-hydrogen) atoms. The molecule has 122 valence electrons. The molecule has 0 bridgehead atoms. The molecule has 0 fully saturated rings. The molecule has 2 amide bonds. The number of amides is 2. The Balaban J connectivity index is 2.12. The van der Waals surface area contributed by atoms with Crippen molar-refractivity contribution in [3.63, 3.8) is 0 Å². The van der Waals surface area contributed by atoms with E-state index in [9.17, 15) is 9.59 Å². The van der Waals surface area contributed by atoms with Gasteiger partial charge in [0, 0.05) is 6.54 Å². The molecule has 0 aliphatic carbocycles. The van der Waals surface area contributed by atoms with E-state index in [0.717, 1.165) is 0 Å². The van der Waals surface area contributed by atoms with E-state index in [2.05, 4.69) is 36.8 Å². The predicted molar refractivity (Wildman–Crippen MR) is 89.7 cm³/mol. The molecule has 9 heteroatoms. The van der Waals surface area contributed by atoms with Crippen molar-refractivity contribution >= 4 is 45.2 Å². The molecular formula is C14H14BrClN4O3. The van der Waals surface area contributed by atoms with Crippen LogP contribution in [0.1, 0.15) is 27.8 Å². The average Bonchev–Trinajstić information content (AvgIpc) is 2.86. The second kappa shape index (κ2) is 7.58. The third-order valence-corrected chi connectivity index (χ3v) is 3.94. The van der Waals surface area contributed by atoms with Crippen molar-refractivity contribution in [2.24, 2.45) is 0 Å². The van der Waals surface area contributed by atoms with Crippen molar-refractivity contribution in [2.45, 2.75) is 13.0 Å². The minimum atomic E-state index is -0.670. The maximum atomic E-state index is 12.2. The first-order valence-corrected chi connectivity index (χ1v) is 7.83. The van der Waals surface area contributed by atoms with Crippen molar-refractivity contribution in [1.82, 2.24) is 15.5 Å². The molecule has 1 aromatic carbocycles. The summed E-state index contributed by atoms with van der Waals surface area (Å²) in [7, 11) is 0. The Labute approximate surface area is 145 Å². The smallest absolute Gasteiger partial charge is 0.273 e. The van der Waals surface area contributed by atoms with Crippen molar-refractivity contribution < 1.29 is 14.7 Å². The third-order valence-electron chi connectivity index (χ3n) is 2.84. The molecule has 0 aliphatic heterocycles. The summed E-state index contributed by atoms with van der Waals surface area (Å²) in [5.41, 5.74) is 0.371. The Morgan fingerprint density at radius 1 is 1.39 bits per heavy atom. The molecule has 0 saturated heterocycles. The monoisotopic (exact) mass is 400 g/mol. The number of carbonyl (C=O) groups excluding carboxylic acids is 2. The van der Waals surface area contributed by atoms with Crippen molar-refractivity contribution in [3.8, 4) is 0 Å². The van der Waals surface area contributed by atoms with E-state index in [1.807, 2.05) is 0 Å². The molecule has 1 heterocycles. The summed E-state index contributed by atoms with van der Waals surface area (Å²) in [5.74, 6) is -0.680. The number of halogens is 2. The number of carbonyl (C=O) groups is 2. The summed E-state index contributed by atoms with van der Waals surface area (Å²) in [6.45, 7) is 1.65. The summed E-state index contributed by atoms with van der Waals surface area (Å²) in [5, 5.41) is 21.0. The zero-order valence-electron chi connectivity index (χ0n) is 12.1. The first-order valence-electron chi connectivity index (χ1n) is 6.66. The van der Waals surface area contributed by atoms with Gasteiger partial charge in [0.25, 0.3) is 11.8 Å². The van der Waals surface area contributed by atoms with E-state index >= 15 is 0 Å². The van der Waals surface area contributed by atoms with Gasteiger partial charge < -0.3 is 15.7 Å². The van der Waals surface area contributed by atoms with Crippen molar-refractivity contribution in [2.75, 3.05) is 11.9 Å². The van der Waals surface area contributed by atoms with E-state index < -0.39 is 17.9 Å². The molecule has 1 atom stereocenters. The quantitative estimate of drug-likeness (QED) is 0.616. The Hall–Kier alpha value is -1.90. The highest BCUT2D eigenvalue weighted by Gasteiger charge is 2.20. The lowest BCUT2D eigenvalue weighted by Gasteiger charge is -2.06. The zero-order valence-corrected chi connectivity index (χ0v) is 14.4. The normalized spacial score (nSPS) is 11.8. The summed E-state index contributed by atoms with van der Waals surface area (Å²) in [6.07, 6.45) is -0.670. The van der Waals surface area contributed by atoms with Crippen LogP contribution >= 0.6 is 27.5 Å². The molecule has 1 unspecified atom stereocenters. The van der Waals surface area contributed by atoms with Gasteiger partial charge in [-0.2, -0.15) is 5.10 Å². The number of rotatable bonds is 5. The van der Waals surface area contributed by atoms with Crippen LogP contribution in [0.5, 0.6) is 0 Å². The van der Waals surface area contributed by atoms with E-state index in [-0.39, 0.29) is 18.1 Å². The Kier molecular flexibility index (Phi) is 5.75. The number of aromatic amines is 1. The largest absolute Gasteiger partial charge is 0.392 e. The van der Waals surface area contributed by atoms with E-state index in [0.29, 0.717) is 15.1 Å². The number of nitrogens with one attached hydrogen (secondary N) is 3. The molecule has 4 N–H and O–H groups in total. The topological polar surface area (TPSA) is 107 Å². The lowest BCUT2D eigenvalue weighted by molar-refractivity contribution is 0.0917. The fraction of sp³-hybridized carbons (Fsp3) is 0.214. The van der Waals surface area contributed by atoms with Gasteiger partial charge in [-0.15, -0.1) is 0 Å². The van der Waals surface area contributed by atoms with E-state index in [1.54, 1.807) is 31.2 Å². The first-order chi connectivity index (χ1) is 10.9. The second-order valence-corrected chi connectivity index (χ2v) is 5.95. The number of hydrogen-bond acceptors (Lipinski definition) is 4. The van der Waals surface area contributed by atoms with Gasteiger partial charge in [-0.25, -0.2) is 0 Å². The van der Waals surface area contributed by atoms with Crippen LogP contribution in [0.3, 0.4) is 0 Å². The van der Waals surface area contributed by atoms with Crippen LogP contribution in [0, 0.1) is 0 Å². The summed E-state index contributed by atoms with van der Waals surface area (Å²) in [6, 6.07) is 6.60. The molecule has 0 spiro atoms. The Morgan fingerprint density at radius 2 is 2.09 bits per heavy atom. The van der Waals surface area contributed by atoms with E-state index in [1.165, 1.54) is 0 Å². The highest BCUT2D eigenvalue weighted by Crippen LogP contribution is 2.25. The minimum Gasteiger partial charge on any atom is -0.392 e. The Bertz CT molecular complexity index is 733. The molecule has 0 aliphatic rings. The van der Waals surface area contributed by atoms with Crippen LogP contribution in [0.25, 0.3) is 0 Å². The lowest BCUT2D eigenvalue weighted by Crippen LogP contribution is -2.31. The van der Waals surface area contributed by atoms with Crippen LogP contribution in [-0.4, -0.2) is 39.8 Å². The van der Waals surface area contributed by atoms with Gasteiger partial charge in [0.05, 0.1) is 21.2 Å². The second-order valence-electron chi connectivity index (χ2n) is 4.75. The van der Waals surface area contributed by atoms with E-state index in [4.69, 9.17) is 16.7 Å². The molecule has 2 rings (SSSR count). The maximum absolute atomic E-state index is 12.2. The number of hydrogen-bond donors (Lipinski definition) is 4. The standard InChI is InChI=1S/C14H14BrClN4O3/c1-7(21)6-17-14(23)11-10(15)12(20-19-11)18-13(22)8-4-2-3-5-9(8)16/h2-5,7,21H,6H2,1H3,(H,17,23)(H2,18,19,20,22). The highest BCUT2D eigenvalue weighted by molar-refractivity contribution is 9.10. The number of aliphatic hydroxyl groups is 1. The van der Waals surface area contributed by atoms with Crippen molar-refractivity contribution in [1.29, 1.82) is 0 Å².